The van der Waals surface area contributed by atoms with Crippen LogP contribution in [-0.2, 0) is 11.2 Å². The number of aliphatic carboxylic acids is 1. The second-order valence-electron chi connectivity index (χ2n) is 5.35. The Morgan fingerprint density at radius 1 is 1.48 bits per heavy atom. The average molecular weight is 321 g/mol. The highest BCUT2D eigenvalue weighted by Gasteiger charge is 2.37. The Bertz CT molecular complexity index is 606. The van der Waals surface area contributed by atoms with Crippen LogP contribution < -0.4 is 0 Å². The number of rotatable bonds is 5. The SMILES string of the molecule is CCc1ccc(C(c2ccsc2)N2CCCC2C(=O)O)s1. The van der Waals surface area contributed by atoms with Gasteiger partial charge in [-0.1, -0.05) is 6.92 Å². The molecule has 0 aromatic carbocycles. The second kappa shape index (κ2) is 6.30. The van der Waals surface area contributed by atoms with Gasteiger partial charge in [0.15, 0.2) is 0 Å². The number of carboxylic acids is 1. The minimum atomic E-state index is -0.694. The summed E-state index contributed by atoms with van der Waals surface area (Å²) in [5, 5.41) is 13.7. The van der Waals surface area contributed by atoms with Crippen LogP contribution in [0.2, 0.25) is 0 Å². The van der Waals surface area contributed by atoms with Crippen LogP contribution in [0.25, 0.3) is 0 Å². The monoisotopic (exact) mass is 321 g/mol. The van der Waals surface area contributed by atoms with Gasteiger partial charge in [-0.25, -0.2) is 0 Å². The maximum absolute atomic E-state index is 11.5. The molecule has 3 nitrogen and oxygen atoms in total. The quantitative estimate of drug-likeness (QED) is 0.904. The summed E-state index contributed by atoms with van der Waals surface area (Å²) in [7, 11) is 0. The summed E-state index contributed by atoms with van der Waals surface area (Å²) in [5.41, 5.74) is 1.22. The van der Waals surface area contributed by atoms with Gasteiger partial charge in [0.25, 0.3) is 0 Å². The third-order valence-corrected chi connectivity index (χ3v) is 6.05. The van der Waals surface area contributed by atoms with Crippen LogP contribution >= 0.6 is 22.7 Å². The normalized spacial score (nSPS) is 20.7. The van der Waals surface area contributed by atoms with E-state index >= 15 is 0 Å². The fraction of sp³-hybridized carbons (Fsp3) is 0.438. The molecule has 0 amide bonds. The molecule has 0 bridgehead atoms. The molecule has 3 heterocycles. The van der Waals surface area contributed by atoms with Crippen LogP contribution in [0.1, 0.15) is 41.1 Å². The Morgan fingerprint density at radius 2 is 2.33 bits per heavy atom. The molecule has 1 fully saturated rings. The molecule has 2 aromatic rings. The van der Waals surface area contributed by atoms with Crippen LogP contribution in [0.15, 0.2) is 29.0 Å². The van der Waals surface area contributed by atoms with E-state index in [1.54, 1.807) is 11.3 Å². The first-order valence-corrected chi connectivity index (χ1v) is 9.06. The predicted octanol–water partition coefficient (Wildman–Crippen LogP) is 4.01. The van der Waals surface area contributed by atoms with Crippen molar-refractivity contribution in [1.82, 2.24) is 4.90 Å². The van der Waals surface area contributed by atoms with Gasteiger partial charge in [-0.2, -0.15) is 11.3 Å². The molecule has 112 valence electrons. The van der Waals surface area contributed by atoms with Crippen molar-refractivity contribution in [1.29, 1.82) is 0 Å². The number of carbonyl (C=O) groups is 1. The molecule has 1 aliphatic rings. The third kappa shape index (κ3) is 2.91. The van der Waals surface area contributed by atoms with Crippen molar-refractivity contribution >= 4 is 28.6 Å². The Labute approximate surface area is 132 Å². The molecule has 0 radical (unpaired) electrons. The molecule has 1 N–H and O–H groups in total. The zero-order chi connectivity index (χ0) is 14.8. The number of hydrogen-bond donors (Lipinski definition) is 1. The second-order valence-corrected chi connectivity index (χ2v) is 7.33. The van der Waals surface area contributed by atoms with Gasteiger partial charge in [0, 0.05) is 16.3 Å². The van der Waals surface area contributed by atoms with Crippen molar-refractivity contribution in [2.24, 2.45) is 0 Å². The molecule has 2 aromatic heterocycles. The van der Waals surface area contributed by atoms with Gasteiger partial charge in [0.1, 0.15) is 6.04 Å². The lowest BCUT2D eigenvalue weighted by Crippen LogP contribution is -2.38. The summed E-state index contributed by atoms with van der Waals surface area (Å²) in [5.74, 6) is -0.694. The van der Waals surface area contributed by atoms with Crippen molar-refractivity contribution < 1.29 is 9.90 Å². The van der Waals surface area contributed by atoms with Gasteiger partial charge in [0.2, 0.25) is 0 Å². The zero-order valence-electron chi connectivity index (χ0n) is 12.0. The van der Waals surface area contributed by atoms with Crippen LogP contribution in [0.5, 0.6) is 0 Å². The lowest BCUT2D eigenvalue weighted by molar-refractivity contribution is -0.142. The van der Waals surface area contributed by atoms with Gasteiger partial charge in [0.05, 0.1) is 6.04 Å². The van der Waals surface area contributed by atoms with Crippen LogP contribution in [0.4, 0.5) is 0 Å². The fourth-order valence-corrected chi connectivity index (χ4v) is 4.83. The standard InChI is InChI=1S/C16H19NO2S2/c1-2-12-5-6-14(21-12)15(11-7-9-20-10-11)17-8-3-4-13(17)16(18)19/h5-7,9-10,13,15H,2-4,8H2,1H3,(H,18,19). The molecule has 21 heavy (non-hydrogen) atoms. The summed E-state index contributed by atoms with van der Waals surface area (Å²) in [6.45, 7) is 3.02. The number of nitrogens with zero attached hydrogens (tertiary/aromatic N) is 1. The van der Waals surface area contributed by atoms with E-state index in [2.05, 4.69) is 40.8 Å². The Kier molecular flexibility index (Phi) is 4.42. The highest BCUT2D eigenvalue weighted by atomic mass is 32.1. The fourth-order valence-electron chi connectivity index (χ4n) is 3.04. The number of likely N-dealkylation sites (tertiary alicyclic amines) is 1. The summed E-state index contributed by atoms with van der Waals surface area (Å²) in [6.07, 6.45) is 2.75. The van der Waals surface area contributed by atoms with Crippen LogP contribution in [0, 0.1) is 0 Å². The van der Waals surface area contributed by atoms with E-state index in [1.807, 2.05) is 11.3 Å². The van der Waals surface area contributed by atoms with E-state index in [0.717, 1.165) is 25.8 Å². The molecular formula is C16H19NO2S2. The molecule has 1 aliphatic heterocycles. The first-order chi connectivity index (χ1) is 10.2. The van der Waals surface area contributed by atoms with Gasteiger partial charge < -0.3 is 5.11 Å². The lowest BCUT2D eigenvalue weighted by atomic mass is 10.1. The summed E-state index contributed by atoms with van der Waals surface area (Å²) in [6, 6.07) is 6.19. The molecule has 2 atom stereocenters. The average Bonchev–Trinajstić information content (AvgIpc) is 3.21. The maximum Gasteiger partial charge on any atom is 0.320 e. The molecule has 0 aliphatic carbocycles. The maximum atomic E-state index is 11.5. The van der Waals surface area contributed by atoms with Crippen molar-refractivity contribution in [2.45, 2.75) is 38.3 Å². The third-order valence-electron chi connectivity index (χ3n) is 4.07. The topological polar surface area (TPSA) is 40.5 Å². The minimum absolute atomic E-state index is 0.0881. The van der Waals surface area contributed by atoms with E-state index < -0.39 is 5.97 Å². The predicted molar refractivity (Wildman–Crippen MR) is 87.2 cm³/mol. The van der Waals surface area contributed by atoms with E-state index in [4.69, 9.17) is 0 Å². The first-order valence-electron chi connectivity index (χ1n) is 7.30. The Morgan fingerprint density at radius 3 is 2.95 bits per heavy atom. The van der Waals surface area contributed by atoms with Crippen molar-refractivity contribution in [3.63, 3.8) is 0 Å². The van der Waals surface area contributed by atoms with Gasteiger partial charge >= 0.3 is 5.97 Å². The van der Waals surface area contributed by atoms with Crippen LogP contribution in [0.3, 0.4) is 0 Å². The van der Waals surface area contributed by atoms with E-state index in [-0.39, 0.29) is 12.1 Å². The molecule has 0 saturated carbocycles. The number of aryl methyl sites for hydroxylation is 1. The molecule has 5 heteroatoms. The smallest absolute Gasteiger partial charge is 0.320 e. The van der Waals surface area contributed by atoms with Gasteiger partial charge in [-0.05, 0) is 53.8 Å². The molecule has 1 saturated heterocycles. The largest absolute Gasteiger partial charge is 0.480 e. The number of thiophene rings is 2. The van der Waals surface area contributed by atoms with Crippen molar-refractivity contribution in [2.75, 3.05) is 6.54 Å². The van der Waals surface area contributed by atoms with Crippen LogP contribution in [-0.4, -0.2) is 28.6 Å². The number of carboxylic acid groups (broad SMARTS) is 1. The zero-order valence-corrected chi connectivity index (χ0v) is 13.6. The van der Waals surface area contributed by atoms with E-state index in [1.165, 1.54) is 15.3 Å². The van der Waals surface area contributed by atoms with E-state index in [9.17, 15) is 9.90 Å². The highest BCUT2D eigenvalue weighted by molar-refractivity contribution is 7.12. The Hall–Kier alpha value is -1.17. The van der Waals surface area contributed by atoms with Crippen molar-refractivity contribution in [3.05, 3.63) is 44.3 Å². The van der Waals surface area contributed by atoms with E-state index in [0.29, 0.717) is 0 Å². The summed E-state index contributed by atoms with van der Waals surface area (Å²) >= 11 is 3.48. The highest BCUT2D eigenvalue weighted by Crippen LogP contribution is 2.38. The van der Waals surface area contributed by atoms with Gasteiger partial charge in [-0.3, -0.25) is 9.69 Å². The van der Waals surface area contributed by atoms with Crippen molar-refractivity contribution in [3.8, 4) is 0 Å². The van der Waals surface area contributed by atoms with Gasteiger partial charge in [-0.15, -0.1) is 11.3 Å². The number of hydrogen-bond acceptors (Lipinski definition) is 4. The summed E-state index contributed by atoms with van der Waals surface area (Å²) < 4.78 is 0. The molecule has 2 unspecified atom stereocenters. The molecular weight excluding hydrogens is 302 g/mol. The lowest BCUT2D eigenvalue weighted by Gasteiger charge is -2.30. The summed E-state index contributed by atoms with van der Waals surface area (Å²) in [4.78, 5) is 16.3. The Balaban J connectivity index is 1.98. The first kappa shape index (κ1) is 14.8. The molecule has 3 rings (SSSR count). The molecule has 0 spiro atoms. The minimum Gasteiger partial charge on any atom is -0.480 e.